The number of benzene rings is 1. The van der Waals surface area contributed by atoms with Crippen LogP contribution in [0.2, 0.25) is 0 Å². The fourth-order valence-electron chi connectivity index (χ4n) is 1.83. The largest absolute Gasteiger partial charge is 0.481 e. The molecule has 1 aromatic carbocycles. The molecule has 0 aliphatic rings. The Morgan fingerprint density at radius 1 is 1.30 bits per heavy atom. The molecule has 1 atom stereocenters. The number of aromatic nitrogens is 1. The van der Waals surface area contributed by atoms with Crippen LogP contribution in [0.4, 0.5) is 4.39 Å². The van der Waals surface area contributed by atoms with Gasteiger partial charge in [0.2, 0.25) is 5.88 Å². The predicted molar refractivity (Wildman–Crippen MR) is 73.9 cm³/mol. The number of rotatable bonds is 6. The summed E-state index contributed by atoms with van der Waals surface area (Å²) in [6.07, 6.45) is 1.01. The Labute approximate surface area is 117 Å². The van der Waals surface area contributed by atoms with E-state index in [4.69, 9.17) is 4.74 Å². The number of methoxy groups -OCH3 is 1. The van der Waals surface area contributed by atoms with Crippen molar-refractivity contribution >= 4 is 0 Å². The maximum absolute atomic E-state index is 12.8. The van der Waals surface area contributed by atoms with Crippen molar-refractivity contribution in [2.45, 2.75) is 12.6 Å². The Balaban J connectivity index is 1.84. The average Bonchev–Trinajstić information content (AvgIpc) is 2.48. The summed E-state index contributed by atoms with van der Waals surface area (Å²) in [5, 5.41) is 13.1. The first-order valence-corrected chi connectivity index (χ1v) is 6.32. The molecule has 106 valence electrons. The van der Waals surface area contributed by atoms with E-state index in [1.807, 2.05) is 12.1 Å². The molecule has 0 aliphatic heterocycles. The molecule has 0 spiro atoms. The van der Waals surface area contributed by atoms with Crippen molar-refractivity contribution < 1.29 is 14.2 Å². The van der Waals surface area contributed by atoms with E-state index in [-0.39, 0.29) is 5.82 Å². The SMILES string of the molecule is COc1cc(CNCC(O)c2ccc(F)cc2)ccn1. The Hall–Kier alpha value is -1.98. The summed E-state index contributed by atoms with van der Waals surface area (Å²) in [7, 11) is 1.57. The van der Waals surface area contributed by atoms with Gasteiger partial charge < -0.3 is 15.2 Å². The lowest BCUT2D eigenvalue weighted by atomic mass is 10.1. The summed E-state index contributed by atoms with van der Waals surface area (Å²) in [6.45, 7) is 0.980. The van der Waals surface area contributed by atoms with Crippen LogP contribution >= 0.6 is 0 Å². The highest BCUT2D eigenvalue weighted by atomic mass is 19.1. The third-order valence-electron chi connectivity index (χ3n) is 2.93. The molecule has 4 nitrogen and oxygen atoms in total. The van der Waals surface area contributed by atoms with Gasteiger partial charge in [-0.05, 0) is 29.3 Å². The molecular formula is C15H17FN2O2. The van der Waals surface area contributed by atoms with Crippen molar-refractivity contribution in [2.24, 2.45) is 0 Å². The van der Waals surface area contributed by atoms with Gasteiger partial charge in [-0.3, -0.25) is 0 Å². The van der Waals surface area contributed by atoms with E-state index in [9.17, 15) is 9.50 Å². The number of nitrogens with zero attached hydrogens (tertiary/aromatic N) is 1. The van der Waals surface area contributed by atoms with Gasteiger partial charge in [-0.1, -0.05) is 12.1 Å². The van der Waals surface area contributed by atoms with E-state index in [0.29, 0.717) is 24.5 Å². The molecule has 0 saturated heterocycles. The lowest BCUT2D eigenvalue weighted by molar-refractivity contribution is 0.174. The lowest BCUT2D eigenvalue weighted by Crippen LogP contribution is -2.21. The third-order valence-corrected chi connectivity index (χ3v) is 2.93. The summed E-state index contributed by atoms with van der Waals surface area (Å²) in [4.78, 5) is 4.02. The van der Waals surface area contributed by atoms with E-state index in [0.717, 1.165) is 5.56 Å². The van der Waals surface area contributed by atoms with E-state index in [1.165, 1.54) is 12.1 Å². The Morgan fingerprint density at radius 3 is 2.75 bits per heavy atom. The van der Waals surface area contributed by atoms with E-state index in [1.54, 1.807) is 25.4 Å². The minimum Gasteiger partial charge on any atom is -0.481 e. The second kappa shape index (κ2) is 6.98. The van der Waals surface area contributed by atoms with Crippen molar-refractivity contribution in [1.82, 2.24) is 10.3 Å². The van der Waals surface area contributed by atoms with Crippen LogP contribution in [0.15, 0.2) is 42.6 Å². The first-order valence-electron chi connectivity index (χ1n) is 6.32. The number of ether oxygens (including phenoxy) is 1. The van der Waals surface area contributed by atoms with Crippen LogP contribution in [-0.2, 0) is 6.54 Å². The summed E-state index contributed by atoms with van der Waals surface area (Å²) in [5.41, 5.74) is 1.70. The summed E-state index contributed by atoms with van der Waals surface area (Å²) in [5.74, 6) is 0.251. The van der Waals surface area contributed by atoms with Gasteiger partial charge in [-0.15, -0.1) is 0 Å². The van der Waals surface area contributed by atoms with Crippen LogP contribution in [0.25, 0.3) is 0 Å². The molecular weight excluding hydrogens is 259 g/mol. The van der Waals surface area contributed by atoms with Gasteiger partial charge in [-0.25, -0.2) is 9.37 Å². The van der Waals surface area contributed by atoms with E-state index < -0.39 is 6.10 Å². The maximum atomic E-state index is 12.8. The highest BCUT2D eigenvalue weighted by Gasteiger charge is 2.07. The fraction of sp³-hybridized carbons (Fsp3) is 0.267. The predicted octanol–water partition coefficient (Wildman–Crippen LogP) is 2.05. The van der Waals surface area contributed by atoms with Crippen molar-refractivity contribution in [3.63, 3.8) is 0 Å². The Morgan fingerprint density at radius 2 is 2.05 bits per heavy atom. The molecule has 5 heteroatoms. The fourth-order valence-corrected chi connectivity index (χ4v) is 1.83. The molecule has 2 aromatic rings. The van der Waals surface area contributed by atoms with Crippen LogP contribution < -0.4 is 10.1 Å². The van der Waals surface area contributed by atoms with Crippen molar-refractivity contribution in [3.8, 4) is 5.88 Å². The monoisotopic (exact) mass is 276 g/mol. The first-order chi connectivity index (χ1) is 9.69. The minimum atomic E-state index is -0.667. The minimum absolute atomic E-state index is 0.308. The van der Waals surface area contributed by atoms with E-state index >= 15 is 0 Å². The smallest absolute Gasteiger partial charge is 0.213 e. The zero-order chi connectivity index (χ0) is 14.4. The number of pyridine rings is 1. The van der Waals surface area contributed by atoms with Crippen LogP contribution in [0.5, 0.6) is 5.88 Å². The van der Waals surface area contributed by atoms with Crippen molar-refractivity contribution in [2.75, 3.05) is 13.7 Å². The number of halogens is 1. The van der Waals surface area contributed by atoms with E-state index in [2.05, 4.69) is 10.3 Å². The highest BCUT2D eigenvalue weighted by molar-refractivity contribution is 5.21. The van der Waals surface area contributed by atoms with Crippen LogP contribution in [0.1, 0.15) is 17.2 Å². The van der Waals surface area contributed by atoms with Gasteiger partial charge in [0.05, 0.1) is 13.2 Å². The van der Waals surface area contributed by atoms with Crippen LogP contribution in [0, 0.1) is 5.82 Å². The molecule has 0 fully saturated rings. The Kier molecular flexibility index (Phi) is 5.03. The van der Waals surface area contributed by atoms with Gasteiger partial charge in [-0.2, -0.15) is 0 Å². The molecule has 0 radical (unpaired) electrons. The molecule has 1 aromatic heterocycles. The first kappa shape index (κ1) is 14.4. The van der Waals surface area contributed by atoms with Gasteiger partial charge in [0.25, 0.3) is 0 Å². The third kappa shape index (κ3) is 4.01. The van der Waals surface area contributed by atoms with Gasteiger partial charge in [0, 0.05) is 25.4 Å². The normalized spacial score (nSPS) is 12.2. The molecule has 1 unspecified atom stereocenters. The van der Waals surface area contributed by atoms with Gasteiger partial charge in [0.1, 0.15) is 5.82 Å². The molecule has 0 saturated carbocycles. The molecule has 0 bridgehead atoms. The number of aliphatic hydroxyl groups is 1. The van der Waals surface area contributed by atoms with Gasteiger partial charge in [0.15, 0.2) is 0 Å². The topological polar surface area (TPSA) is 54.4 Å². The summed E-state index contributed by atoms with van der Waals surface area (Å²) in [6, 6.07) is 9.55. The average molecular weight is 276 g/mol. The maximum Gasteiger partial charge on any atom is 0.213 e. The number of aliphatic hydroxyl groups excluding tert-OH is 1. The second-order valence-electron chi connectivity index (χ2n) is 4.40. The molecule has 2 rings (SSSR count). The molecule has 0 amide bonds. The molecule has 1 heterocycles. The molecule has 20 heavy (non-hydrogen) atoms. The van der Waals surface area contributed by atoms with Crippen LogP contribution in [-0.4, -0.2) is 23.7 Å². The zero-order valence-corrected chi connectivity index (χ0v) is 11.2. The quantitative estimate of drug-likeness (QED) is 0.848. The lowest BCUT2D eigenvalue weighted by Gasteiger charge is -2.12. The van der Waals surface area contributed by atoms with Crippen LogP contribution in [0.3, 0.4) is 0 Å². The highest BCUT2D eigenvalue weighted by Crippen LogP contribution is 2.13. The van der Waals surface area contributed by atoms with Crippen molar-refractivity contribution in [1.29, 1.82) is 0 Å². The summed E-state index contributed by atoms with van der Waals surface area (Å²) >= 11 is 0. The summed E-state index contributed by atoms with van der Waals surface area (Å²) < 4.78 is 17.8. The van der Waals surface area contributed by atoms with Crippen molar-refractivity contribution in [3.05, 3.63) is 59.5 Å². The number of hydrogen-bond donors (Lipinski definition) is 2. The number of hydrogen-bond acceptors (Lipinski definition) is 4. The Bertz CT molecular complexity index is 546. The standard InChI is InChI=1S/C15H17FN2O2/c1-20-15-8-11(6-7-18-15)9-17-10-14(19)12-2-4-13(16)5-3-12/h2-8,14,17,19H,9-10H2,1H3. The number of nitrogens with one attached hydrogen (secondary N) is 1. The second-order valence-corrected chi connectivity index (χ2v) is 4.40. The van der Waals surface area contributed by atoms with Gasteiger partial charge >= 0.3 is 0 Å². The molecule has 0 aliphatic carbocycles. The zero-order valence-electron chi connectivity index (χ0n) is 11.2. The molecule has 2 N–H and O–H groups in total.